The van der Waals surface area contributed by atoms with Crippen LogP contribution in [0.4, 0.5) is 0 Å². The number of hydrogen-bond acceptors (Lipinski definition) is 1. The van der Waals surface area contributed by atoms with Crippen molar-refractivity contribution >= 4 is 33.6 Å². The molecule has 11 heavy (non-hydrogen) atoms. The van der Waals surface area contributed by atoms with Gasteiger partial charge in [0.2, 0.25) is 0 Å². The lowest BCUT2D eigenvalue weighted by Crippen LogP contribution is -1.67. The molecule has 0 saturated carbocycles. The fourth-order valence-corrected chi connectivity index (χ4v) is 1.68. The van der Waals surface area contributed by atoms with Gasteiger partial charge in [-0.05, 0) is 47.2 Å². The molecule has 0 aliphatic rings. The van der Waals surface area contributed by atoms with Crippen LogP contribution in [0.25, 0.3) is 11.0 Å². The minimum Gasteiger partial charge on any atom is -0.450 e. The third-order valence-electron chi connectivity index (χ3n) is 1.65. The summed E-state index contributed by atoms with van der Waals surface area (Å²) in [6, 6.07) is 8.26. The normalized spacial score (nSPS) is 10.7. The molecule has 0 aliphatic carbocycles. The number of aryl methyl sites for hydroxylation is 1. The second-order valence-electron chi connectivity index (χ2n) is 2.59. The van der Waals surface area contributed by atoms with E-state index < -0.39 is 0 Å². The monoisotopic (exact) mass is 258 g/mol. The summed E-state index contributed by atoms with van der Waals surface area (Å²) in [6.45, 7) is 2.06. The summed E-state index contributed by atoms with van der Waals surface area (Å²) in [5.74, 6) is 0. The van der Waals surface area contributed by atoms with Crippen molar-refractivity contribution in [2.75, 3.05) is 0 Å². The minimum absolute atomic E-state index is 0.947. The van der Waals surface area contributed by atoms with Crippen molar-refractivity contribution in [2.24, 2.45) is 0 Å². The molecule has 0 aliphatic heterocycles. The minimum atomic E-state index is 0.947. The van der Waals surface area contributed by atoms with Crippen LogP contribution in [0.15, 0.2) is 28.7 Å². The van der Waals surface area contributed by atoms with Crippen molar-refractivity contribution in [1.29, 1.82) is 0 Å². The maximum Gasteiger partial charge on any atom is 0.165 e. The summed E-state index contributed by atoms with van der Waals surface area (Å²) in [4.78, 5) is 0. The first kappa shape index (κ1) is 7.16. The SMILES string of the molecule is Cc1ccc2cc(I)oc2c1. The molecule has 0 fully saturated rings. The first-order chi connectivity index (χ1) is 5.25. The van der Waals surface area contributed by atoms with Gasteiger partial charge < -0.3 is 4.42 Å². The summed E-state index contributed by atoms with van der Waals surface area (Å²) in [5.41, 5.74) is 2.22. The molecule has 2 rings (SSSR count). The average molecular weight is 258 g/mol. The lowest BCUT2D eigenvalue weighted by atomic mass is 10.2. The Morgan fingerprint density at radius 3 is 2.91 bits per heavy atom. The van der Waals surface area contributed by atoms with E-state index in [0.717, 1.165) is 9.35 Å². The van der Waals surface area contributed by atoms with Crippen molar-refractivity contribution in [3.63, 3.8) is 0 Å². The second-order valence-corrected chi connectivity index (χ2v) is 3.66. The molecule has 56 valence electrons. The Morgan fingerprint density at radius 1 is 1.27 bits per heavy atom. The molecule has 0 saturated heterocycles. The predicted octanol–water partition coefficient (Wildman–Crippen LogP) is 3.35. The molecule has 2 aromatic rings. The van der Waals surface area contributed by atoms with E-state index >= 15 is 0 Å². The number of benzene rings is 1. The predicted molar refractivity (Wildman–Crippen MR) is 53.7 cm³/mol. The summed E-state index contributed by atoms with van der Waals surface area (Å²) in [7, 11) is 0. The summed E-state index contributed by atoms with van der Waals surface area (Å²) < 4.78 is 6.38. The lowest BCUT2D eigenvalue weighted by Gasteiger charge is -1.89. The van der Waals surface area contributed by atoms with E-state index in [-0.39, 0.29) is 0 Å². The third-order valence-corrected chi connectivity index (χ3v) is 2.18. The maximum atomic E-state index is 5.44. The number of rotatable bonds is 0. The first-order valence-corrected chi connectivity index (χ1v) is 4.49. The van der Waals surface area contributed by atoms with Gasteiger partial charge in [0.1, 0.15) is 5.58 Å². The van der Waals surface area contributed by atoms with Gasteiger partial charge in [0.05, 0.1) is 0 Å². The zero-order valence-electron chi connectivity index (χ0n) is 6.10. The molecule has 0 radical (unpaired) electrons. The van der Waals surface area contributed by atoms with Crippen molar-refractivity contribution in [1.82, 2.24) is 0 Å². The molecule has 1 aromatic carbocycles. The molecule has 0 bridgehead atoms. The lowest BCUT2D eigenvalue weighted by molar-refractivity contribution is 0.584. The van der Waals surface area contributed by atoms with Gasteiger partial charge >= 0.3 is 0 Å². The van der Waals surface area contributed by atoms with E-state index in [1.807, 2.05) is 6.07 Å². The summed E-state index contributed by atoms with van der Waals surface area (Å²) in [5, 5.41) is 1.18. The Bertz CT molecular complexity index is 389. The molecule has 0 atom stereocenters. The largest absolute Gasteiger partial charge is 0.450 e. The van der Waals surface area contributed by atoms with Crippen LogP contribution in [-0.2, 0) is 0 Å². The molecule has 2 heteroatoms. The van der Waals surface area contributed by atoms with E-state index in [9.17, 15) is 0 Å². The number of halogens is 1. The summed E-state index contributed by atoms with van der Waals surface area (Å²) >= 11 is 2.18. The molecular weight excluding hydrogens is 251 g/mol. The topological polar surface area (TPSA) is 13.1 Å². The van der Waals surface area contributed by atoms with Gasteiger partial charge in [-0.15, -0.1) is 0 Å². The van der Waals surface area contributed by atoms with E-state index in [0.29, 0.717) is 0 Å². The Kier molecular flexibility index (Phi) is 1.64. The highest BCUT2D eigenvalue weighted by molar-refractivity contribution is 14.1. The first-order valence-electron chi connectivity index (χ1n) is 3.41. The molecule has 1 heterocycles. The Labute approximate surface area is 78.5 Å². The van der Waals surface area contributed by atoms with Gasteiger partial charge in [-0.3, -0.25) is 0 Å². The van der Waals surface area contributed by atoms with Crippen LogP contribution in [0.2, 0.25) is 0 Å². The van der Waals surface area contributed by atoms with Gasteiger partial charge in [-0.2, -0.15) is 0 Å². The van der Waals surface area contributed by atoms with E-state index in [4.69, 9.17) is 4.42 Å². The zero-order valence-corrected chi connectivity index (χ0v) is 8.25. The summed E-state index contributed by atoms with van der Waals surface area (Å²) in [6.07, 6.45) is 0. The molecule has 0 unspecified atom stereocenters. The second kappa shape index (κ2) is 2.52. The van der Waals surface area contributed by atoms with Gasteiger partial charge in [-0.1, -0.05) is 12.1 Å². The third kappa shape index (κ3) is 1.27. The highest BCUT2D eigenvalue weighted by atomic mass is 127. The molecular formula is C9H7IO. The van der Waals surface area contributed by atoms with Gasteiger partial charge in [-0.25, -0.2) is 0 Å². The van der Waals surface area contributed by atoms with E-state index in [1.165, 1.54) is 10.9 Å². The van der Waals surface area contributed by atoms with Gasteiger partial charge in [0.25, 0.3) is 0 Å². The molecule has 0 amide bonds. The van der Waals surface area contributed by atoms with Crippen LogP contribution >= 0.6 is 22.6 Å². The van der Waals surface area contributed by atoms with Crippen LogP contribution in [0.3, 0.4) is 0 Å². The standard InChI is InChI=1S/C9H7IO/c1-6-2-3-7-5-9(10)11-8(7)4-6/h2-5H,1H3. The van der Waals surface area contributed by atoms with E-state index in [1.54, 1.807) is 0 Å². The van der Waals surface area contributed by atoms with Crippen molar-refractivity contribution in [3.05, 3.63) is 33.6 Å². The number of fused-ring (bicyclic) bond motifs is 1. The Morgan fingerprint density at radius 2 is 2.09 bits per heavy atom. The number of hydrogen-bond donors (Lipinski definition) is 0. The fourth-order valence-electron chi connectivity index (χ4n) is 1.11. The molecule has 1 nitrogen and oxygen atoms in total. The molecule has 0 spiro atoms. The smallest absolute Gasteiger partial charge is 0.165 e. The van der Waals surface area contributed by atoms with Gasteiger partial charge in [0.15, 0.2) is 3.77 Å². The van der Waals surface area contributed by atoms with Crippen molar-refractivity contribution in [3.8, 4) is 0 Å². The van der Waals surface area contributed by atoms with Crippen LogP contribution in [-0.4, -0.2) is 0 Å². The van der Waals surface area contributed by atoms with Crippen LogP contribution < -0.4 is 0 Å². The van der Waals surface area contributed by atoms with Crippen LogP contribution in [0.1, 0.15) is 5.56 Å². The highest BCUT2D eigenvalue weighted by Crippen LogP contribution is 2.21. The van der Waals surface area contributed by atoms with E-state index in [2.05, 4.69) is 47.7 Å². The van der Waals surface area contributed by atoms with Gasteiger partial charge in [0, 0.05) is 5.39 Å². The highest BCUT2D eigenvalue weighted by Gasteiger charge is 1.99. The van der Waals surface area contributed by atoms with Crippen LogP contribution in [0.5, 0.6) is 0 Å². The zero-order chi connectivity index (χ0) is 7.84. The molecule has 0 N–H and O–H groups in total. The Hall–Kier alpha value is -0.510. The van der Waals surface area contributed by atoms with Crippen molar-refractivity contribution < 1.29 is 4.42 Å². The van der Waals surface area contributed by atoms with Crippen molar-refractivity contribution in [2.45, 2.75) is 6.92 Å². The maximum absolute atomic E-state index is 5.44. The quantitative estimate of drug-likeness (QED) is 0.660. The molecule has 1 aromatic heterocycles. The number of furan rings is 1. The fraction of sp³-hybridized carbons (Fsp3) is 0.111. The Balaban J connectivity index is 2.82. The average Bonchev–Trinajstić information content (AvgIpc) is 2.27. The van der Waals surface area contributed by atoms with Crippen LogP contribution in [0, 0.1) is 10.7 Å².